The lowest BCUT2D eigenvalue weighted by molar-refractivity contribution is 0.0380. The normalized spacial score (nSPS) is 17.2. The Morgan fingerprint density at radius 1 is 1.10 bits per heavy atom. The SMILES string of the molecule is NC(CO)(CO)CO.O=S(=O)(O)CCCN1CCOCC1. The Balaban J connectivity index is 0.000000433. The predicted octanol–water partition coefficient (Wildman–Crippen LogP) is -2.74. The van der Waals surface area contributed by atoms with Gasteiger partial charge in [0.2, 0.25) is 0 Å². The minimum Gasteiger partial charge on any atom is -0.394 e. The summed E-state index contributed by atoms with van der Waals surface area (Å²) in [6, 6.07) is 0. The summed E-state index contributed by atoms with van der Waals surface area (Å²) >= 11 is 0. The van der Waals surface area contributed by atoms with Gasteiger partial charge in [-0.25, -0.2) is 0 Å². The first kappa shape index (κ1) is 20.7. The number of nitrogens with zero attached hydrogens (tertiary/aromatic N) is 1. The van der Waals surface area contributed by atoms with E-state index in [9.17, 15) is 8.42 Å². The summed E-state index contributed by atoms with van der Waals surface area (Å²) in [6.45, 7) is 2.64. The summed E-state index contributed by atoms with van der Waals surface area (Å²) in [7, 11) is -3.78. The Morgan fingerprint density at radius 3 is 1.90 bits per heavy atom. The first-order valence-corrected chi connectivity index (χ1v) is 8.24. The number of rotatable bonds is 7. The van der Waals surface area contributed by atoms with Crippen LogP contribution in [0.5, 0.6) is 0 Å². The molecule has 1 aliphatic heterocycles. The van der Waals surface area contributed by atoms with E-state index in [1.807, 2.05) is 0 Å². The highest BCUT2D eigenvalue weighted by atomic mass is 32.2. The van der Waals surface area contributed by atoms with Crippen LogP contribution in [0.4, 0.5) is 0 Å². The molecular formula is C11H26N2O7S. The van der Waals surface area contributed by atoms with E-state index in [-0.39, 0.29) is 5.75 Å². The Hall–Kier alpha value is -0.330. The number of ether oxygens (including phenoxy) is 1. The summed E-state index contributed by atoms with van der Waals surface area (Å²) < 4.78 is 34.4. The largest absolute Gasteiger partial charge is 0.394 e. The van der Waals surface area contributed by atoms with Gasteiger partial charge in [0.25, 0.3) is 10.1 Å². The van der Waals surface area contributed by atoms with Crippen molar-refractivity contribution in [3.8, 4) is 0 Å². The molecule has 0 amide bonds. The Morgan fingerprint density at radius 2 is 1.57 bits per heavy atom. The van der Waals surface area contributed by atoms with Crippen molar-refractivity contribution in [3.63, 3.8) is 0 Å². The highest BCUT2D eigenvalue weighted by molar-refractivity contribution is 7.85. The van der Waals surface area contributed by atoms with Crippen LogP contribution in [0.15, 0.2) is 0 Å². The van der Waals surface area contributed by atoms with Crippen molar-refractivity contribution in [3.05, 3.63) is 0 Å². The van der Waals surface area contributed by atoms with Crippen LogP contribution < -0.4 is 5.73 Å². The average Bonchev–Trinajstić information content (AvgIpc) is 2.47. The minimum atomic E-state index is -3.78. The lowest BCUT2D eigenvalue weighted by atomic mass is 10.1. The van der Waals surface area contributed by atoms with Gasteiger partial charge in [0.1, 0.15) is 0 Å². The van der Waals surface area contributed by atoms with Gasteiger partial charge in [0.15, 0.2) is 0 Å². The van der Waals surface area contributed by atoms with Gasteiger partial charge < -0.3 is 25.8 Å². The molecule has 0 bridgehead atoms. The molecule has 10 heteroatoms. The summed E-state index contributed by atoms with van der Waals surface area (Å²) in [4.78, 5) is 2.13. The van der Waals surface area contributed by atoms with Crippen LogP contribution in [0.25, 0.3) is 0 Å². The third-order valence-electron chi connectivity index (χ3n) is 2.93. The number of nitrogens with two attached hydrogens (primary N) is 1. The molecule has 1 heterocycles. The van der Waals surface area contributed by atoms with Gasteiger partial charge in [-0.1, -0.05) is 0 Å². The van der Waals surface area contributed by atoms with Crippen molar-refractivity contribution in [2.45, 2.75) is 12.0 Å². The first-order valence-electron chi connectivity index (χ1n) is 6.63. The average molecular weight is 330 g/mol. The van der Waals surface area contributed by atoms with Crippen molar-refractivity contribution >= 4 is 10.1 Å². The van der Waals surface area contributed by atoms with Crippen LogP contribution >= 0.6 is 0 Å². The number of aliphatic hydroxyl groups excluding tert-OH is 3. The fourth-order valence-corrected chi connectivity index (χ4v) is 1.94. The minimum absolute atomic E-state index is 0.148. The van der Waals surface area contributed by atoms with Crippen LogP contribution in [-0.4, -0.2) is 97.2 Å². The maximum absolute atomic E-state index is 10.4. The molecule has 128 valence electrons. The van der Waals surface area contributed by atoms with Crippen LogP contribution in [0, 0.1) is 0 Å². The number of morpholine rings is 1. The monoisotopic (exact) mass is 330 g/mol. The van der Waals surface area contributed by atoms with E-state index in [0.717, 1.165) is 13.1 Å². The Kier molecular flexibility index (Phi) is 10.2. The lowest BCUT2D eigenvalue weighted by Crippen LogP contribution is -2.50. The van der Waals surface area contributed by atoms with Crippen molar-refractivity contribution in [2.75, 3.05) is 58.4 Å². The molecule has 1 saturated heterocycles. The van der Waals surface area contributed by atoms with Crippen molar-refractivity contribution in [1.82, 2.24) is 4.90 Å². The fraction of sp³-hybridized carbons (Fsp3) is 1.00. The molecule has 1 aliphatic rings. The second-order valence-electron chi connectivity index (χ2n) is 4.93. The molecule has 1 rings (SSSR count). The van der Waals surface area contributed by atoms with E-state index in [0.29, 0.717) is 26.2 Å². The quantitative estimate of drug-likeness (QED) is 0.313. The van der Waals surface area contributed by atoms with Crippen LogP contribution in [0.1, 0.15) is 6.42 Å². The molecule has 0 spiro atoms. The summed E-state index contributed by atoms with van der Waals surface area (Å²) in [6.07, 6.45) is 0.485. The zero-order valence-corrected chi connectivity index (χ0v) is 12.8. The first-order chi connectivity index (χ1) is 9.76. The maximum Gasteiger partial charge on any atom is 0.264 e. The molecule has 0 aromatic carbocycles. The van der Waals surface area contributed by atoms with Gasteiger partial charge in [-0.15, -0.1) is 0 Å². The predicted molar refractivity (Wildman–Crippen MR) is 76.5 cm³/mol. The highest BCUT2D eigenvalue weighted by Gasteiger charge is 2.20. The smallest absolute Gasteiger partial charge is 0.264 e. The highest BCUT2D eigenvalue weighted by Crippen LogP contribution is 1.99. The van der Waals surface area contributed by atoms with Gasteiger partial charge in [0.05, 0.1) is 44.3 Å². The van der Waals surface area contributed by atoms with Crippen molar-refractivity contribution < 1.29 is 33.0 Å². The zero-order chi connectivity index (χ0) is 16.4. The molecular weight excluding hydrogens is 304 g/mol. The van der Waals surface area contributed by atoms with Crippen molar-refractivity contribution in [2.24, 2.45) is 5.73 Å². The van der Waals surface area contributed by atoms with Crippen molar-refractivity contribution in [1.29, 1.82) is 0 Å². The molecule has 0 atom stereocenters. The molecule has 6 N–H and O–H groups in total. The molecule has 0 radical (unpaired) electrons. The maximum atomic E-state index is 10.4. The second kappa shape index (κ2) is 10.4. The molecule has 9 nitrogen and oxygen atoms in total. The van der Waals surface area contributed by atoms with E-state index in [2.05, 4.69) is 4.90 Å². The van der Waals surface area contributed by atoms with E-state index in [1.54, 1.807) is 0 Å². The summed E-state index contributed by atoms with van der Waals surface area (Å²) in [5.41, 5.74) is 3.94. The topological polar surface area (TPSA) is 154 Å². The molecule has 21 heavy (non-hydrogen) atoms. The van der Waals surface area contributed by atoms with Gasteiger partial charge in [0, 0.05) is 13.1 Å². The van der Waals surface area contributed by atoms with E-state index in [4.69, 9.17) is 30.3 Å². The number of aliphatic hydroxyl groups is 3. The molecule has 0 aromatic heterocycles. The third kappa shape index (κ3) is 11.0. The second-order valence-corrected chi connectivity index (χ2v) is 6.50. The third-order valence-corrected chi connectivity index (χ3v) is 3.73. The summed E-state index contributed by atoms with van der Waals surface area (Å²) in [5, 5.41) is 25.0. The fourth-order valence-electron chi connectivity index (χ4n) is 1.45. The molecule has 1 fully saturated rings. The van der Waals surface area contributed by atoms with Crippen LogP contribution in [-0.2, 0) is 14.9 Å². The van der Waals surface area contributed by atoms with E-state index in [1.165, 1.54) is 0 Å². The van der Waals surface area contributed by atoms with Gasteiger partial charge in [-0.2, -0.15) is 8.42 Å². The lowest BCUT2D eigenvalue weighted by Gasteiger charge is -2.26. The number of hydrogen-bond donors (Lipinski definition) is 5. The Labute approximate surface area is 125 Å². The summed E-state index contributed by atoms with van der Waals surface area (Å²) in [5.74, 6) is -0.148. The van der Waals surface area contributed by atoms with Gasteiger partial charge in [-0.05, 0) is 13.0 Å². The molecule has 0 aromatic rings. The molecule has 0 unspecified atom stereocenters. The van der Waals surface area contributed by atoms with E-state index < -0.39 is 35.5 Å². The zero-order valence-electron chi connectivity index (χ0n) is 12.0. The molecule has 0 saturated carbocycles. The standard InChI is InChI=1S/C7H15NO4S.C4H11NO3/c9-13(10,11)7-1-2-8-3-5-12-6-4-8;5-4(1-6,2-7)3-8/h1-7H2,(H,9,10,11);6-8H,1-3,5H2. The van der Waals surface area contributed by atoms with Crippen LogP contribution in [0.2, 0.25) is 0 Å². The van der Waals surface area contributed by atoms with Gasteiger partial charge in [-0.3, -0.25) is 9.45 Å². The molecule has 0 aliphatic carbocycles. The number of hydrogen-bond acceptors (Lipinski definition) is 8. The van der Waals surface area contributed by atoms with Gasteiger partial charge >= 0.3 is 0 Å². The van der Waals surface area contributed by atoms with E-state index >= 15 is 0 Å². The Bertz CT molecular complexity index is 345. The van der Waals surface area contributed by atoms with Crippen LogP contribution in [0.3, 0.4) is 0 Å².